The Morgan fingerprint density at radius 2 is 1.88 bits per heavy atom. The number of amides is 1. The zero-order chi connectivity index (χ0) is 18.4. The van der Waals surface area contributed by atoms with Crippen molar-refractivity contribution in [2.24, 2.45) is 0 Å². The van der Waals surface area contributed by atoms with Crippen molar-refractivity contribution in [3.05, 3.63) is 92.7 Å². The van der Waals surface area contributed by atoms with Gasteiger partial charge in [0.15, 0.2) is 0 Å². The molecule has 2 N–H and O–H groups in total. The van der Waals surface area contributed by atoms with Crippen LogP contribution < -0.4 is 10.6 Å². The van der Waals surface area contributed by atoms with E-state index >= 15 is 0 Å². The van der Waals surface area contributed by atoms with Crippen molar-refractivity contribution in [2.45, 2.75) is 6.04 Å². The van der Waals surface area contributed by atoms with E-state index in [4.69, 9.17) is 0 Å². The number of nitrogens with zero attached hydrogens (tertiary/aromatic N) is 1. The van der Waals surface area contributed by atoms with Crippen molar-refractivity contribution in [1.82, 2.24) is 5.32 Å². The van der Waals surface area contributed by atoms with Crippen LogP contribution in [0.5, 0.6) is 0 Å². The van der Waals surface area contributed by atoms with Crippen molar-refractivity contribution in [2.75, 3.05) is 11.9 Å². The molecule has 7 heteroatoms. The standard InChI is InChI=1S/C19H17N3O3S/c23-18(13-20-15-8-4-9-16(12-15)22(24)25)21-19(17-10-5-11-26-17)14-6-2-1-3-7-14/h1-12,19-20H,13H2,(H,21,23)/t19-/m1/s1. The van der Waals surface area contributed by atoms with E-state index in [1.807, 2.05) is 47.8 Å². The zero-order valence-corrected chi connectivity index (χ0v) is 14.6. The third-order valence-electron chi connectivity index (χ3n) is 3.78. The topological polar surface area (TPSA) is 84.3 Å². The van der Waals surface area contributed by atoms with E-state index < -0.39 is 4.92 Å². The predicted octanol–water partition coefficient (Wildman–Crippen LogP) is 3.97. The first-order valence-corrected chi connectivity index (χ1v) is 8.87. The Hall–Kier alpha value is -3.19. The number of non-ortho nitro benzene ring substituents is 1. The fraction of sp³-hybridized carbons (Fsp3) is 0.105. The lowest BCUT2D eigenvalue weighted by Gasteiger charge is -2.18. The molecule has 0 spiro atoms. The number of nitro groups is 1. The molecule has 3 aromatic rings. The molecule has 0 fully saturated rings. The minimum Gasteiger partial charge on any atom is -0.376 e. The molecule has 1 heterocycles. The Kier molecular flexibility index (Phi) is 5.60. The lowest BCUT2D eigenvalue weighted by molar-refractivity contribution is -0.384. The average Bonchev–Trinajstić information content (AvgIpc) is 3.20. The van der Waals surface area contributed by atoms with Gasteiger partial charge >= 0.3 is 0 Å². The highest BCUT2D eigenvalue weighted by Gasteiger charge is 2.17. The molecule has 132 valence electrons. The Labute approximate surface area is 154 Å². The van der Waals surface area contributed by atoms with Gasteiger partial charge in [-0.25, -0.2) is 0 Å². The van der Waals surface area contributed by atoms with Gasteiger partial charge in [-0.15, -0.1) is 11.3 Å². The van der Waals surface area contributed by atoms with Crippen LogP contribution >= 0.6 is 11.3 Å². The average molecular weight is 367 g/mol. The summed E-state index contributed by atoms with van der Waals surface area (Å²) in [4.78, 5) is 23.8. The highest BCUT2D eigenvalue weighted by molar-refractivity contribution is 7.10. The molecule has 0 unspecified atom stereocenters. The second kappa shape index (κ2) is 8.26. The summed E-state index contributed by atoms with van der Waals surface area (Å²) >= 11 is 1.58. The Balaban J connectivity index is 1.67. The molecule has 0 aliphatic rings. The summed E-state index contributed by atoms with van der Waals surface area (Å²) < 4.78 is 0. The minimum atomic E-state index is -0.465. The van der Waals surface area contributed by atoms with Crippen LogP contribution in [-0.2, 0) is 4.79 Å². The molecule has 1 atom stereocenters. The smallest absolute Gasteiger partial charge is 0.271 e. The lowest BCUT2D eigenvalue weighted by Crippen LogP contribution is -2.33. The van der Waals surface area contributed by atoms with Crippen molar-refractivity contribution < 1.29 is 9.72 Å². The molecule has 0 aliphatic carbocycles. The normalized spacial score (nSPS) is 11.5. The largest absolute Gasteiger partial charge is 0.376 e. The number of carbonyl (C=O) groups is 1. The summed E-state index contributed by atoms with van der Waals surface area (Å²) in [6.45, 7) is 0.0237. The number of nitrogens with one attached hydrogen (secondary N) is 2. The molecule has 26 heavy (non-hydrogen) atoms. The van der Waals surface area contributed by atoms with Crippen LogP contribution in [0, 0.1) is 10.1 Å². The van der Waals surface area contributed by atoms with E-state index in [-0.39, 0.29) is 24.2 Å². The Morgan fingerprint density at radius 1 is 1.08 bits per heavy atom. The number of anilines is 1. The van der Waals surface area contributed by atoms with Crippen molar-refractivity contribution >= 4 is 28.6 Å². The SMILES string of the molecule is O=C(CNc1cccc([N+](=O)[O-])c1)N[C@H](c1ccccc1)c1cccs1. The summed E-state index contributed by atoms with van der Waals surface area (Å²) in [6.07, 6.45) is 0. The van der Waals surface area contributed by atoms with Gasteiger partial charge in [-0.3, -0.25) is 14.9 Å². The van der Waals surface area contributed by atoms with Gasteiger partial charge in [-0.1, -0.05) is 42.5 Å². The second-order valence-electron chi connectivity index (χ2n) is 5.59. The number of hydrogen-bond acceptors (Lipinski definition) is 5. The van der Waals surface area contributed by atoms with Crippen LogP contribution in [-0.4, -0.2) is 17.4 Å². The summed E-state index contributed by atoms with van der Waals surface area (Å²) in [7, 11) is 0. The van der Waals surface area contributed by atoms with Crippen LogP contribution in [0.1, 0.15) is 16.5 Å². The zero-order valence-electron chi connectivity index (χ0n) is 13.8. The first-order valence-electron chi connectivity index (χ1n) is 7.99. The number of benzene rings is 2. The minimum absolute atomic E-state index is 0.0174. The van der Waals surface area contributed by atoms with Crippen LogP contribution in [0.2, 0.25) is 0 Å². The molecule has 0 radical (unpaired) electrons. The molecule has 2 aromatic carbocycles. The number of carbonyl (C=O) groups excluding carboxylic acids is 1. The summed E-state index contributed by atoms with van der Waals surface area (Å²) in [5, 5.41) is 18.7. The third-order valence-corrected chi connectivity index (χ3v) is 4.71. The molecule has 3 rings (SSSR count). The van der Waals surface area contributed by atoms with Crippen LogP contribution in [0.25, 0.3) is 0 Å². The highest BCUT2D eigenvalue weighted by atomic mass is 32.1. The van der Waals surface area contributed by atoms with Gasteiger partial charge < -0.3 is 10.6 Å². The fourth-order valence-electron chi connectivity index (χ4n) is 2.54. The van der Waals surface area contributed by atoms with E-state index in [1.165, 1.54) is 12.1 Å². The Bertz CT molecular complexity index is 882. The molecular formula is C19H17N3O3S. The monoisotopic (exact) mass is 367 g/mol. The lowest BCUT2D eigenvalue weighted by atomic mass is 10.1. The van der Waals surface area contributed by atoms with Crippen LogP contribution in [0.15, 0.2) is 72.1 Å². The van der Waals surface area contributed by atoms with Crippen molar-refractivity contribution in [1.29, 1.82) is 0 Å². The predicted molar refractivity (Wildman–Crippen MR) is 102 cm³/mol. The molecule has 1 amide bonds. The first-order chi connectivity index (χ1) is 12.6. The van der Waals surface area contributed by atoms with Gasteiger partial charge in [0.1, 0.15) is 0 Å². The molecule has 0 bridgehead atoms. The maximum Gasteiger partial charge on any atom is 0.271 e. The Morgan fingerprint density at radius 3 is 2.58 bits per heavy atom. The molecule has 0 saturated heterocycles. The summed E-state index contributed by atoms with van der Waals surface area (Å²) in [6, 6.07) is 19.5. The number of thiophene rings is 1. The van der Waals surface area contributed by atoms with E-state index in [0.717, 1.165) is 10.4 Å². The molecule has 1 aromatic heterocycles. The van der Waals surface area contributed by atoms with Gasteiger partial charge in [0.25, 0.3) is 5.69 Å². The first kappa shape index (κ1) is 17.6. The van der Waals surface area contributed by atoms with Crippen LogP contribution in [0.4, 0.5) is 11.4 Å². The van der Waals surface area contributed by atoms with E-state index in [9.17, 15) is 14.9 Å². The fourth-order valence-corrected chi connectivity index (χ4v) is 3.35. The third kappa shape index (κ3) is 4.46. The molecule has 6 nitrogen and oxygen atoms in total. The summed E-state index contributed by atoms with van der Waals surface area (Å²) in [5.74, 6) is -0.196. The number of nitro benzene ring substituents is 1. The number of hydrogen-bond donors (Lipinski definition) is 2. The molecular weight excluding hydrogens is 350 g/mol. The maximum atomic E-state index is 12.4. The van der Waals surface area contributed by atoms with Crippen molar-refractivity contribution in [3.63, 3.8) is 0 Å². The second-order valence-corrected chi connectivity index (χ2v) is 6.57. The quantitative estimate of drug-likeness (QED) is 0.489. The van der Waals surface area contributed by atoms with Gasteiger partial charge in [0, 0.05) is 22.7 Å². The van der Waals surface area contributed by atoms with E-state index in [1.54, 1.807) is 23.5 Å². The number of rotatable bonds is 7. The van der Waals surface area contributed by atoms with Gasteiger partial charge in [0.05, 0.1) is 17.5 Å². The highest BCUT2D eigenvalue weighted by Crippen LogP contribution is 2.25. The van der Waals surface area contributed by atoms with Gasteiger partial charge in [0.2, 0.25) is 5.91 Å². The van der Waals surface area contributed by atoms with Gasteiger partial charge in [-0.05, 0) is 23.1 Å². The van der Waals surface area contributed by atoms with Crippen LogP contribution in [0.3, 0.4) is 0 Å². The maximum absolute atomic E-state index is 12.4. The molecule has 0 aliphatic heterocycles. The summed E-state index contributed by atoms with van der Waals surface area (Å²) in [5.41, 5.74) is 1.51. The van der Waals surface area contributed by atoms with Crippen molar-refractivity contribution in [3.8, 4) is 0 Å². The molecule has 0 saturated carbocycles. The van der Waals surface area contributed by atoms with E-state index in [2.05, 4.69) is 10.6 Å². The van der Waals surface area contributed by atoms with Gasteiger partial charge in [-0.2, -0.15) is 0 Å². The van der Waals surface area contributed by atoms with E-state index in [0.29, 0.717) is 5.69 Å².